The van der Waals surface area contributed by atoms with E-state index in [-0.39, 0.29) is 24.4 Å². The highest BCUT2D eigenvalue weighted by Crippen LogP contribution is 2.20. The summed E-state index contributed by atoms with van der Waals surface area (Å²) >= 11 is 0. The molecule has 1 amide bonds. The van der Waals surface area contributed by atoms with Crippen molar-refractivity contribution in [3.63, 3.8) is 0 Å². The zero-order chi connectivity index (χ0) is 19.2. The molecule has 1 aromatic heterocycles. The van der Waals surface area contributed by atoms with Crippen molar-refractivity contribution in [1.29, 1.82) is 0 Å². The first-order valence-corrected chi connectivity index (χ1v) is 8.67. The Bertz CT molecular complexity index is 922. The first kappa shape index (κ1) is 18.6. The lowest BCUT2D eigenvalue weighted by Crippen LogP contribution is -2.13. The SMILES string of the molecule is CCOc1ccc(-c2noc(CCC(=O)Nc3cc(C)ccc3F)n2)cc1. The first-order chi connectivity index (χ1) is 13.0. The van der Waals surface area contributed by atoms with E-state index in [0.717, 1.165) is 16.9 Å². The molecule has 0 saturated carbocycles. The maximum Gasteiger partial charge on any atom is 0.227 e. The van der Waals surface area contributed by atoms with Crippen LogP contribution in [0.25, 0.3) is 11.4 Å². The molecule has 27 heavy (non-hydrogen) atoms. The molecule has 0 aliphatic rings. The Morgan fingerprint density at radius 2 is 2.00 bits per heavy atom. The van der Waals surface area contributed by atoms with Crippen LogP contribution in [0.5, 0.6) is 5.75 Å². The standard InChI is InChI=1S/C20H20FN3O3/c1-3-26-15-7-5-14(6-8-15)20-23-19(27-24-20)11-10-18(25)22-17-12-13(2)4-9-16(17)21/h4-9,12H,3,10-11H2,1-2H3,(H,22,25). The Morgan fingerprint density at radius 1 is 1.22 bits per heavy atom. The van der Waals surface area contributed by atoms with Gasteiger partial charge >= 0.3 is 0 Å². The van der Waals surface area contributed by atoms with Crippen LogP contribution in [0.4, 0.5) is 10.1 Å². The van der Waals surface area contributed by atoms with Crippen molar-refractivity contribution >= 4 is 11.6 Å². The molecule has 3 aromatic rings. The van der Waals surface area contributed by atoms with E-state index in [1.165, 1.54) is 6.07 Å². The molecule has 0 saturated heterocycles. The maximum absolute atomic E-state index is 13.7. The number of nitrogens with one attached hydrogen (secondary N) is 1. The zero-order valence-electron chi connectivity index (χ0n) is 15.2. The highest BCUT2D eigenvalue weighted by Gasteiger charge is 2.12. The summed E-state index contributed by atoms with van der Waals surface area (Å²) in [5.41, 5.74) is 1.82. The Hall–Kier alpha value is -3.22. The van der Waals surface area contributed by atoms with Crippen LogP contribution in [0.15, 0.2) is 47.0 Å². The van der Waals surface area contributed by atoms with Crippen LogP contribution in [0.3, 0.4) is 0 Å². The molecule has 0 aliphatic heterocycles. The van der Waals surface area contributed by atoms with Crippen molar-refractivity contribution in [2.45, 2.75) is 26.7 Å². The molecule has 6 nitrogen and oxygen atoms in total. The molecule has 140 valence electrons. The number of nitrogens with zero attached hydrogens (tertiary/aromatic N) is 2. The third kappa shape index (κ3) is 4.91. The number of halogens is 1. The molecule has 0 atom stereocenters. The summed E-state index contributed by atoms with van der Waals surface area (Å²) in [6.45, 7) is 4.35. The van der Waals surface area contributed by atoms with Gasteiger partial charge < -0.3 is 14.6 Å². The number of aromatic nitrogens is 2. The molecule has 0 radical (unpaired) electrons. The van der Waals surface area contributed by atoms with E-state index in [2.05, 4.69) is 15.5 Å². The smallest absolute Gasteiger partial charge is 0.227 e. The number of hydrogen-bond acceptors (Lipinski definition) is 5. The lowest BCUT2D eigenvalue weighted by Gasteiger charge is -2.06. The number of amides is 1. The van der Waals surface area contributed by atoms with Crippen LogP contribution >= 0.6 is 0 Å². The number of anilines is 1. The number of carbonyl (C=O) groups is 1. The van der Waals surface area contributed by atoms with Gasteiger partial charge in [0.25, 0.3) is 0 Å². The van der Waals surface area contributed by atoms with E-state index in [4.69, 9.17) is 9.26 Å². The van der Waals surface area contributed by atoms with E-state index >= 15 is 0 Å². The Kier molecular flexibility index (Phi) is 5.80. The second-order valence-corrected chi connectivity index (χ2v) is 6.00. The third-order valence-electron chi connectivity index (χ3n) is 3.85. The Balaban J connectivity index is 1.57. The van der Waals surface area contributed by atoms with Gasteiger partial charge in [-0.15, -0.1) is 0 Å². The average molecular weight is 369 g/mol. The van der Waals surface area contributed by atoms with Gasteiger partial charge in [0.2, 0.25) is 17.6 Å². The summed E-state index contributed by atoms with van der Waals surface area (Å²) in [5.74, 6) is 0.770. The molecule has 1 N–H and O–H groups in total. The van der Waals surface area contributed by atoms with E-state index < -0.39 is 5.82 Å². The normalized spacial score (nSPS) is 10.6. The van der Waals surface area contributed by atoms with Crippen molar-refractivity contribution < 1.29 is 18.4 Å². The van der Waals surface area contributed by atoms with Crippen LogP contribution < -0.4 is 10.1 Å². The number of hydrogen-bond donors (Lipinski definition) is 1. The summed E-state index contributed by atoms with van der Waals surface area (Å²) < 4.78 is 24.3. The second-order valence-electron chi connectivity index (χ2n) is 6.00. The molecule has 1 heterocycles. The predicted molar refractivity (Wildman–Crippen MR) is 99.0 cm³/mol. The Morgan fingerprint density at radius 3 is 2.74 bits per heavy atom. The molecule has 7 heteroatoms. The lowest BCUT2D eigenvalue weighted by atomic mass is 10.2. The fraction of sp³-hybridized carbons (Fsp3) is 0.250. The maximum atomic E-state index is 13.7. The summed E-state index contributed by atoms with van der Waals surface area (Å²) in [4.78, 5) is 16.3. The molecule has 0 bridgehead atoms. The highest BCUT2D eigenvalue weighted by atomic mass is 19.1. The second kappa shape index (κ2) is 8.44. The minimum absolute atomic E-state index is 0.109. The van der Waals surface area contributed by atoms with E-state index in [1.54, 1.807) is 12.1 Å². The fourth-order valence-corrected chi connectivity index (χ4v) is 2.51. The van der Waals surface area contributed by atoms with Crippen molar-refractivity contribution in [2.24, 2.45) is 0 Å². The molecule has 0 spiro atoms. The van der Waals surface area contributed by atoms with Crippen LogP contribution in [0.2, 0.25) is 0 Å². The van der Waals surface area contributed by atoms with Gasteiger partial charge in [-0.25, -0.2) is 4.39 Å². The molecular weight excluding hydrogens is 349 g/mol. The first-order valence-electron chi connectivity index (χ1n) is 8.67. The van der Waals surface area contributed by atoms with Gasteiger partial charge in [0.05, 0.1) is 12.3 Å². The number of carbonyl (C=O) groups excluding carboxylic acids is 1. The molecular formula is C20H20FN3O3. The molecule has 0 aliphatic carbocycles. The minimum Gasteiger partial charge on any atom is -0.494 e. The number of benzene rings is 2. The highest BCUT2D eigenvalue weighted by molar-refractivity contribution is 5.91. The van der Waals surface area contributed by atoms with Gasteiger partial charge in [0.1, 0.15) is 11.6 Å². The van der Waals surface area contributed by atoms with Crippen LogP contribution in [0.1, 0.15) is 24.8 Å². The van der Waals surface area contributed by atoms with E-state index in [0.29, 0.717) is 18.3 Å². The minimum atomic E-state index is -0.468. The summed E-state index contributed by atoms with van der Waals surface area (Å²) in [5, 5.41) is 6.49. The van der Waals surface area contributed by atoms with Crippen molar-refractivity contribution in [1.82, 2.24) is 10.1 Å². The monoisotopic (exact) mass is 369 g/mol. The van der Waals surface area contributed by atoms with Gasteiger partial charge in [0.15, 0.2) is 0 Å². The number of aryl methyl sites for hydroxylation is 2. The average Bonchev–Trinajstić information content (AvgIpc) is 3.13. The number of ether oxygens (including phenoxy) is 1. The predicted octanol–water partition coefficient (Wildman–Crippen LogP) is 4.15. The van der Waals surface area contributed by atoms with Gasteiger partial charge in [-0.3, -0.25) is 4.79 Å². The summed E-state index contributed by atoms with van der Waals surface area (Å²) in [6, 6.07) is 11.9. The third-order valence-corrected chi connectivity index (χ3v) is 3.85. The van der Waals surface area contributed by atoms with Crippen molar-refractivity contribution in [3.05, 3.63) is 59.7 Å². The molecule has 0 fully saturated rings. The topological polar surface area (TPSA) is 77.2 Å². The summed E-state index contributed by atoms with van der Waals surface area (Å²) in [7, 11) is 0. The van der Waals surface area contributed by atoms with E-state index in [1.807, 2.05) is 38.1 Å². The fourth-order valence-electron chi connectivity index (χ4n) is 2.51. The van der Waals surface area contributed by atoms with Gasteiger partial charge in [-0.2, -0.15) is 4.98 Å². The van der Waals surface area contributed by atoms with Crippen molar-refractivity contribution in [3.8, 4) is 17.1 Å². The van der Waals surface area contributed by atoms with Crippen molar-refractivity contribution in [2.75, 3.05) is 11.9 Å². The molecule has 0 unspecified atom stereocenters. The quantitative estimate of drug-likeness (QED) is 0.677. The van der Waals surface area contributed by atoms with E-state index in [9.17, 15) is 9.18 Å². The number of rotatable bonds is 7. The molecule has 2 aromatic carbocycles. The zero-order valence-corrected chi connectivity index (χ0v) is 15.2. The van der Waals surface area contributed by atoms with Crippen LogP contribution in [-0.4, -0.2) is 22.7 Å². The molecule has 3 rings (SSSR count). The lowest BCUT2D eigenvalue weighted by molar-refractivity contribution is -0.116. The van der Waals surface area contributed by atoms with Crippen LogP contribution in [-0.2, 0) is 11.2 Å². The van der Waals surface area contributed by atoms with Gasteiger partial charge in [0, 0.05) is 18.4 Å². The largest absolute Gasteiger partial charge is 0.494 e. The van der Waals surface area contributed by atoms with Gasteiger partial charge in [-0.05, 0) is 55.8 Å². The summed E-state index contributed by atoms with van der Waals surface area (Å²) in [6.07, 6.45) is 0.377. The van der Waals surface area contributed by atoms with Crippen LogP contribution in [0, 0.1) is 12.7 Å². The Labute approximate surface area is 156 Å². The van der Waals surface area contributed by atoms with Gasteiger partial charge in [-0.1, -0.05) is 11.2 Å².